The van der Waals surface area contributed by atoms with Crippen LogP contribution in [0.2, 0.25) is 5.02 Å². The van der Waals surface area contributed by atoms with E-state index in [4.69, 9.17) is 16.7 Å². The van der Waals surface area contributed by atoms with Crippen molar-refractivity contribution in [2.45, 2.75) is 31.3 Å². The maximum absolute atomic E-state index is 13.9. The van der Waals surface area contributed by atoms with E-state index in [0.29, 0.717) is 33.7 Å². The van der Waals surface area contributed by atoms with Gasteiger partial charge in [-0.15, -0.1) is 0 Å². The van der Waals surface area contributed by atoms with Crippen molar-refractivity contribution in [2.75, 3.05) is 22.7 Å². The summed E-state index contributed by atoms with van der Waals surface area (Å²) in [5.74, 6) is 0.122. The molecule has 1 amide bonds. The molecule has 11 nitrogen and oxygen atoms in total. The second-order valence-electron chi connectivity index (χ2n) is 10.1. The Bertz CT molecular complexity index is 2050. The number of sulfonamides is 1. The number of nitrogens with two attached hydrogens (primary N) is 1. The van der Waals surface area contributed by atoms with Gasteiger partial charge >= 0.3 is 6.18 Å². The van der Waals surface area contributed by atoms with Gasteiger partial charge in [0.1, 0.15) is 0 Å². The summed E-state index contributed by atoms with van der Waals surface area (Å²) in [5.41, 5.74) is 1.18. The summed E-state index contributed by atoms with van der Waals surface area (Å²) in [7, 11) is -2.32. The quantitative estimate of drug-likeness (QED) is 0.194. The first kappa shape index (κ1) is 31.7. The number of amides is 1. The van der Waals surface area contributed by atoms with Crippen molar-refractivity contribution in [3.05, 3.63) is 94.1 Å². The average molecular weight is 659 g/mol. The van der Waals surface area contributed by atoms with E-state index in [2.05, 4.69) is 25.6 Å². The summed E-state index contributed by atoms with van der Waals surface area (Å²) in [6.07, 6.45) is -3.33. The van der Waals surface area contributed by atoms with E-state index in [-0.39, 0.29) is 28.8 Å². The van der Waals surface area contributed by atoms with Crippen molar-refractivity contribution >= 4 is 62.0 Å². The van der Waals surface area contributed by atoms with Crippen LogP contribution in [0.3, 0.4) is 0 Å². The Morgan fingerprint density at radius 3 is 2.47 bits per heavy atom. The molecule has 0 fully saturated rings. The largest absolute Gasteiger partial charge is 0.418 e. The van der Waals surface area contributed by atoms with E-state index in [1.807, 2.05) is 0 Å². The molecule has 3 aromatic carbocycles. The number of hydrogen-bond acceptors (Lipinski definition) is 8. The number of imidazole rings is 1. The molecule has 0 aliphatic heterocycles. The standard InChI is InChI=1S/C29H26ClF3N8O3S/c1-16-10-11-20(15-23(16)45(34,43)44)37-27-35-13-12-24(38-27)40(3)41-22-9-5-7-19(26(22)39-28(41)36-17(2)42)14-18-6-4-8-21(30)25(18)29(31,32)33/h4-13,15H,14H2,1-3H3,(H2,34,43,44)(H,35,37,38)(H,36,39,42). The first-order valence-corrected chi connectivity index (χ1v) is 15.2. The molecular weight excluding hydrogens is 633 g/mol. The molecule has 0 atom stereocenters. The molecule has 16 heteroatoms. The average Bonchev–Trinajstić information content (AvgIpc) is 3.30. The van der Waals surface area contributed by atoms with Crippen LogP contribution in [0.5, 0.6) is 0 Å². The number of primary sulfonamides is 1. The zero-order valence-electron chi connectivity index (χ0n) is 24.0. The normalized spacial score (nSPS) is 11.9. The summed E-state index contributed by atoms with van der Waals surface area (Å²) >= 11 is 5.95. The van der Waals surface area contributed by atoms with Gasteiger partial charge in [-0.25, -0.2) is 28.2 Å². The highest BCUT2D eigenvalue weighted by Gasteiger charge is 2.36. The van der Waals surface area contributed by atoms with Crippen LogP contribution in [0.1, 0.15) is 29.2 Å². The lowest BCUT2D eigenvalue weighted by molar-refractivity contribution is -0.138. The summed E-state index contributed by atoms with van der Waals surface area (Å²) in [5, 5.41) is 12.1. The van der Waals surface area contributed by atoms with Gasteiger partial charge < -0.3 is 5.32 Å². The molecule has 0 spiro atoms. The lowest BCUT2D eigenvalue weighted by Gasteiger charge is -2.22. The lowest BCUT2D eigenvalue weighted by atomic mass is 9.98. The number of para-hydroxylation sites is 1. The molecule has 0 aliphatic rings. The third kappa shape index (κ3) is 6.69. The predicted octanol–water partition coefficient (Wildman–Crippen LogP) is 5.65. The van der Waals surface area contributed by atoms with Gasteiger partial charge in [-0.1, -0.05) is 41.9 Å². The van der Waals surface area contributed by atoms with E-state index in [1.54, 1.807) is 60.1 Å². The molecule has 0 bridgehead atoms. The van der Waals surface area contributed by atoms with E-state index in [9.17, 15) is 26.4 Å². The number of nitrogens with zero attached hydrogens (tertiary/aromatic N) is 5. The summed E-state index contributed by atoms with van der Waals surface area (Å²) in [4.78, 5) is 25.4. The monoisotopic (exact) mass is 658 g/mol. The van der Waals surface area contributed by atoms with Crippen molar-refractivity contribution in [3.63, 3.8) is 0 Å². The van der Waals surface area contributed by atoms with Gasteiger partial charge in [0.05, 0.1) is 26.5 Å². The Balaban J connectivity index is 1.55. The maximum atomic E-state index is 13.9. The molecule has 5 rings (SSSR count). The zero-order valence-corrected chi connectivity index (χ0v) is 25.6. The van der Waals surface area contributed by atoms with Crippen molar-refractivity contribution in [3.8, 4) is 0 Å². The fourth-order valence-corrected chi connectivity index (χ4v) is 5.98. The van der Waals surface area contributed by atoms with Crippen LogP contribution in [0.15, 0.2) is 71.8 Å². The molecule has 0 saturated carbocycles. The highest BCUT2D eigenvalue weighted by atomic mass is 35.5. The molecular formula is C29H26ClF3N8O3S. The van der Waals surface area contributed by atoms with Gasteiger partial charge in [-0.2, -0.15) is 18.2 Å². The van der Waals surface area contributed by atoms with E-state index < -0.39 is 32.7 Å². The molecule has 234 valence electrons. The summed E-state index contributed by atoms with van der Waals surface area (Å²) < 4.78 is 67.1. The molecule has 0 radical (unpaired) electrons. The zero-order chi connectivity index (χ0) is 32.7. The number of carbonyl (C=O) groups is 1. The minimum absolute atomic E-state index is 0.0281. The van der Waals surface area contributed by atoms with Gasteiger partial charge in [0, 0.05) is 38.3 Å². The molecule has 4 N–H and O–H groups in total. The van der Waals surface area contributed by atoms with Crippen molar-refractivity contribution in [2.24, 2.45) is 5.14 Å². The van der Waals surface area contributed by atoms with Crippen LogP contribution in [-0.2, 0) is 27.4 Å². The maximum Gasteiger partial charge on any atom is 0.418 e. The lowest BCUT2D eigenvalue weighted by Crippen LogP contribution is -2.28. The third-order valence-electron chi connectivity index (χ3n) is 6.82. The first-order valence-electron chi connectivity index (χ1n) is 13.2. The molecule has 45 heavy (non-hydrogen) atoms. The first-order chi connectivity index (χ1) is 21.1. The second-order valence-corrected chi connectivity index (χ2v) is 12.0. The number of anilines is 4. The molecule has 0 saturated heterocycles. The molecule has 2 aromatic heterocycles. The Hall–Kier alpha value is -4.73. The Labute approximate surface area is 260 Å². The molecule has 5 aromatic rings. The van der Waals surface area contributed by atoms with Crippen LogP contribution in [-0.4, -0.2) is 41.0 Å². The van der Waals surface area contributed by atoms with Crippen molar-refractivity contribution in [1.82, 2.24) is 19.6 Å². The summed E-state index contributed by atoms with van der Waals surface area (Å²) in [6, 6.07) is 15.2. The number of benzene rings is 3. The van der Waals surface area contributed by atoms with Crippen LogP contribution < -0.4 is 20.8 Å². The van der Waals surface area contributed by atoms with Crippen LogP contribution >= 0.6 is 11.6 Å². The number of fused-ring (bicyclic) bond motifs is 1. The molecule has 0 unspecified atom stereocenters. The fraction of sp³-hybridized carbons (Fsp3) is 0.172. The van der Waals surface area contributed by atoms with Crippen LogP contribution in [0, 0.1) is 6.92 Å². The number of hydrogen-bond donors (Lipinski definition) is 3. The second kappa shape index (κ2) is 12.0. The van der Waals surface area contributed by atoms with E-state index in [1.165, 1.54) is 37.4 Å². The molecule has 2 heterocycles. The summed E-state index contributed by atoms with van der Waals surface area (Å²) in [6.45, 7) is 2.92. The molecule has 0 aliphatic carbocycles. The van der Waals surface area contributed by atoms with E-state index >= 15 is 0 Å². The SMILES string of the molecule is CC(=O)Nc1nc2c(Cc3cccc(Cl)c3C(F)(F)F)cccc2n1N(C)c1ccnc(Nc2ccc(C)c(S(N)(=O)=O)c2)n1. The van der Waals surface area contributed by atoms with Gasteiger partial charge in [-0.3, -0.25) is 15.1 Å². The van der Waals surface area contributed by atoms with Gasteiger partial charge in [0.15, 0.2) is 5.82 Å². The van der Waals surface area contributed by atoms with Gasteiger partial charge in [0.25, 0.3) is 0 Å². The van der Waals surface area contributed by atoms with E-state index in [0.717, 1.165) is 0 Å². The number of alkyl halides is 3. The number of halogens is 4. The van der Waals surface area contributed by atoms with Crippen LogP contribution in [0.25, 0.3) is 11.0 Å². The fourth-order valence-electron chi connectivity index (χ4n) is 4.87. The van der Waals surface area contributed by atoms with Gasteiger partial charge in [0.2, 0.25) is 27.8 Å². The topological polar surface area (TPSA) is 148 Å². The minimum atomic E-state index is -4.67. The number of rotatable bonds is 8. The Kier molecular flexibility index (Phi) is 8.44. The highest BCUT2D eigenvalue weighted by Crippen LogP contribution is 2.38. The Morgan fingerprint density at radius 2 is 1.78 bits per heavy atom. The number of aryl methyl sites for hydroxylation is 1. The highest BCUT2D eigenvalue weighted by molar-refractivity contribution is 7.89. The van der Waals surface area contributed by atoms with Gasteiger partial charge in [-0.05, 0) is 47.9 Å². The van der Waals surface area contributed by atoms with Crippen LogP contribution in [0.4, 0.5) is 36.6 Å². The van der Waals surface area contributed by atoms with Crippen molar-refractivity contribution < 1.29 is 26.4 Å². The Morgan fingerprint density at radius 1 is 1.07 bits per heavy atom. The smallest absolute Gasteiger partial charge is 0.324 e. The number of nitrogens with one attached hydrogen (secondary N) is 2. The number of carbonyl (C=O) groups excluding carboxylic acids is 1. The third-order valence-corrected chi connectivity index (χ3v) is 8.19. The predicted molar refractivity (Wildman–Crippen MR) is 165 cm³/mol. The minimum Gasteiger partial charge on any atom is -0.324 e. The number of aromatic nitrogens is 4. The van der Waals surface area contributed by atoms with Crippen molar-refractivity contribution in [1.29, 1.82) is 0 Å².